The molecule has 0 aromatic heterocycles. The second kappa shape index (κ2) is 5.66. The van der Waals surface area contributed by atoms with E-state index >= 15 is 0 Å². The molecule has 0 aromatic carbocycles. The predicted molar refractivity (Wildman–Crippen MR) is 50.8 cm³/mol. The molecule has 0 fully saturated rings. The smallest absolute Gasteiger partial charge is 0.320 e. The average Bonchev–Trinajstić information content (AvgIpc) is 2.15. The lowest BCUT2D eigenvalue weighted by molar-refractivity contribution is -0.138. The van der Waals surface area contributed by atoms with E-state index < -0.39 is 18.1 Å². The molecule has 0 spiro atoms. The summed E-state index contributed by atoms with van der Waals surface area (Å²) >= 11 is 0. The third-order valence-electron chi connectivity index (χ3n) is 1.73. The van der Waals surface area contributed by atoms with Gasteiger partial charge in [0.2, 0.25) is 0 Å². The number of carbonyl (C=O) groups is 1. The SMILES string of the molecule is [2H]CC(N)C(=N)CCC[C@H](N)C(=O)O. The van der Waals surface area contributed by atoms with E-state index in [1.807, 2.05) is 0 Å². The number of carboxylic acids is 1. The Hall–Kier alpha value is -0.940. The van der Waals surface area contributed by atoms with Crippen LogP contribution in [0.4, 0.5) is 0 Å². The fraction of sp³-hybridized carbons (Fsp3) is 0.750. The molecule has 1 unspecified atom stereocenters. The van der Waals surface area contributed by atoms with Gasteiger partial charge in [-0.05, 0) is 26.2 Å². The molecule has 2 atom stereocenters. The van der Waals surface area contributed by atoms with Crippen LogP contribution < -0.4 is 11.5 Å². The van der Waals surface area contributed by atoms with Crippen molar-refractivity contribution in [3.05, 3.63) is 0 Å². The van der Waals surface area contributed by atoms with Crippen LogP contribution in [0.3, 0.4) is 0 Å². The van der Waals surface area contributed by atoms with Gasteiger partial charge in [0.05, 0.1) is 0 Å². The Morgan fingerprint density at radius 3 is 2.77 bits per heavy atom. The van der Waals surface area contributed by atoms with Gasteiger partial charge in [0.25, 0.3) is 0 Å². The molecule has 5 nitrogen and oxygen atoms in total. The van der Waals surface area contributed by atoms with Crippen LogP contribution in [-0.2, 0) is 4.79 Å². The Balaban J connectivity index is 3.64. The minimum absolute atomic E-state index is 0.0101. The molecule has 5 heteroatoms. The van der Waals surface area contributed by atoms with Crippen molar-refractivity contribution >= 4 is 11.7 Å². The molecule has 0 radical (unpaired) electrons. The molecule has 0 aliphatic rings. The summed E-state index contributed by atoms with van der Waals surface area (Å²) in [6, 6.07) is -1.40. The van der Waals surface area contributed by atoms with Crippen molar-refractivity contribution in [2.75, 3.05) is 0 Å². The van der Waals surface area contributed by atoms with Crippen LogP contribution in [0.2, 0.25) is 0 Å². The van der Waals surface area contributed by atoms with Gasteiger partial charge >= 0.3 is 5.97 Å². The summed E-state index contributed by atoms with van der Waals surface area (Å²) in [4.78, 5) is 10.3. The maximum absolute atomic E-state index is 10.3. The quantitative estimate of drug-likeness (QED) is 0.437. The number of carboxylic acid groups (broad SMARTS) is 1. The van der Waals surface area contributed by atoms with E-state index in [9.17, 15) is 4.79 Å². The zero-order valence-electron chi connectivity index (χ0n) is 8.49. The molecular weight excluding hydrogens is 170 g/mol. The van der Waals surface area contributed by atoms with Crippen molar-refractivity contribution in [1.29, 1.82) is 5.41 Å². The highest BCUT2D eigenvalue weighted by molar-refractivity contribution is 5.86. The van der Waals surface area contributed by atoms with Crippen LogP contribution >= 0.6 is 0 Å². The molecule has 0 saturated heterocycles. The molecule has 0 amide bonds. The lowest BCUT2D eigenvalue weighted by atomic mass is 10.0. The number of hydrogen-bond donors (Lipinski definition) is 4. The molecule has 0 heterocycles. The third kappa shape index (κ3) is 5.32. The van der Waals surface area contributed by atoms with Crippen LogP contribution in [0.15, 0.2) is 0 Å². The highest BCUT2D eigenvalue weighted by Crippen LogP contribution is 2.01. The van der Waals surface area contributed by atoms with E-state index in [-0.39, 0.29) is 12.6 Å². The third-order valence-corrected chi connectivity index (χ3v) is 1.73. The Labute approximate surface area is 79.0 Å². The molecule has 0 saturated carbocycles. The summed E-state index contributed by atoms with van der Waals surface area (Å²) in [5.41, 5.74) is 11.0. The summed E-state index contributed by atoms with van der Waals surface area (Å²) in [5, 5.41) is 15.9. The number of hydrogen-bond acceptors (Lipinski definition) is 4. The van der Waals surface area contributed by atoms with Gasteiger partial charge in [-0.1, -0.05) is 0 Å². The minimum atomic E-state index is -1.03. The van der Waals surface area contributed by atoms with E-state index in [1.54, 1.807) is 0 Å². The van der Waals surface area contributed by atoms with E-state index in [1.165, 1.54) is 0 Å². The molecule has 0 aliphatic carbocycles. The lowest BCUT2D eigenvalue weighted by Gasteiger charge is -2.08. The first-order valence-corrected chi connectivity index (χ1v) is 4.09. The van der Waals surface area contributed by atoms with E-state index in [2.05, 4.69) is 0 Å². The van der Waals surface area contributed by atoms with Crippen LogP contribution in [0, 0.1) is 5.41 Å². The van der Waals surface area contributed by atoms with Gasteiger partial charge in [0.1, 0.15) is 6.04 Å². The topological polar surface area (TPSA) is 113 Å². The molecule has 13 heavy (non-hydrogen) atoms. The van der Waals surface area contributed by atoms with Crippen LogP contribution in [0.25, 0.3) is 0 Å². The van der Waals surface area contributed by atoms with Gasteiger partial charge in [-0.25, -0.2) is 0 Å². The van der Waals surface area contributed by atoms with Crippen molar-refractivity contribution in [1.82, 2.24) is 0 Å². The molecule has 0 aliphatic heterocycles. The fourth-order valence-corrected chi connectivity index (χ4v) is 0.821. The second-order valence-electron chi connectivity index (χ2n) is 2.97. The van der Waals surface area contributed by atoms with E-state index in [0.29, 0.717) is 19.3 Å². The molecule has 0 bridgehead atoms. The monoisotopic (exact) mass is 188 g/mol. The van der Waals surface area contributed by atoms with Crippen LogP contribution in [0.1, 0.15) is 27.5 Å². The Bertz CT molecular complexity index is 211. The summed E-state index contributed by atoms with van der Waals surface area (Å²) < 4.78 is 6.94. The molecule has 0 rings (SSSR count). The highest BCUT2D eigenvalue weighted by atomic mass is 16.4. The minimum Gasteiger partial charge on any atom is -0.480 e. The second-order valence-corrected chi connectivity index (χ2v) is 2.97. The van der Waals surface area contributed by atoms with Crippen molar-refractivity contribution in [3.8, 4) is 0 Å². The average molecular weight is 188 g/mol. The van der Waals surface area contributed by atoms with Crippen LogP contribution in [-0.4, -0.2) is 28.9 Å². The van der Waals surface area contributed by atoms with Gasteiger partial charge in [-0.3, -0.25) is 4.79 Å². The maximum Gasteiger partial charge on any atom is 0.320 e. The largest absolute Gasteiger partial charge is 0.480 e. The predicted octanol–water partition coefficient (Wildman–Crippen LogP) is -0.0644. The van der Waals surface area contributed by atoms with E-state index in [4.69, 9.17) is 23.4 Å². The summed E-state index contributed by atoms with van der Waals surface area (Å²) in [5.74, 6) is -1.03. The first kappa shape index (κ1) is 10.1. The fourth-order valence-electron chi connectivity index (χ4n) is 0.821. The first-order chi connectivity index (χ1) is 6.49. The summed E-state index contributed by atoms with van der Waals surface area (Å²) in [7, 11) is 0. The number of nitrogens with two attached hydrogens (primary N) is 2. The zero-order chi connectivity index (χ0) is 11.1. The molecule has 76 valence electrons. The Kier molecular flexibility index (Phi) is 4.42. The van der Waals surface area contributed by atoms with Gasteiger partial charge in [-0.2, -0.15) is 0 Å². The number of rotatable bonds is 6. The lowest BCUT2D eigenvalue weighted by Crippen LogP contribution is -2.31. The van der Waals surface area contributed by atoms with Gasteiger partial charge < -0.3 is 22.0 Å². The molecule has 0 aromatic rings. The Morgan fingerprint density at radius 1 is 1.69 bits per heavy atom. The van der Waals surface area contributed by atoms with Crippen LogP contribution in [0.5, 0.6) is 0 Å². The van der Waals surface area contributed by atoms with Crippen molar-refractivity contribution in [2.45, 2.75) is 38.2 Å². The van der Waals surface area contributed by atoms with E-state index in [0.717, 1.165) is 0 Å². The van der Waals surface area contributed by atoms with Crippen molar-refractivity contribution in [3.63, 3.8) is 0 Å². The normalized spacial score (nSPS) is 16.0. The molecular formula is C8H17N3O2. The van der Waals surface area contributed by atoms with Gasteiger partial charge in [0, 0.05) is 13.1 Å². The van der Waals surface area contributed by atoms with Crippen molar-refractivity contribution in [2.24, 2.45) is 11.5 Å². The first-order valence-electron chi connectivity index (χ1n) is 4.80. The van der Waals surface area contributed by atoms with Gasteiger partial charge in [0.15, 0.2) is 0 Å². The number of nitrogens with one attached hydrogen (secondary N) is 1. The highest BCUT2D eigenvalue weighted by Gasteiger charge is 2.11. The zero-order valence-corrected chi connectivity index (χ0v) is 7.49. The summed E-state index contributed by atoms with van der Waals surface area (Å²) in [6.07, 6.45) is 1.28. The molecule has 6 N–H and O–H groups in total. The standard InChI is InChI=1S/C8H17N3O2/c1-5(9)6(10)3-2-4-7(11)8(12)13/h5,7,10H,2-4,9,11H2,1H3,(H,12,13)/t5?,7-/m0/s1/i1D. The van der Waals surface area contributed by atoms with Gasteiger partial charge in [-0.15, -0.1) is 0 Å². The Morgan fingerprint density at radius 2 is 2.31 bits per heavy atom. The van der Waals surface area contributed by atoms with Crippen molar-refractivity contribution < 1.29 is 11.3 Å². The maximum atomic E-state index is 10.3. The number of aliphatic carboxylic acids is 1. The summed E-state index contributed by atoms with van der Waals surface area (Å²) in [6.45, 7) is -0.0101.